The van der Waals surface area contributed by atoms with Crippen LogP contribution in [0.1, 0.15) is 20.3 Å². The maximum absolute atomic E-state index is 12.1. The standard InChI is InChI=1S/C15H21F3N2O2/c1-3-20(4-2)10-5-11-22-13-8-6-12(7-9-13)19-14(21)15(16,17)18/h6-9H,3-5,10-11H2,1-2H3,(H,19,21). The minimum atomic E-state index is -4.89. The minimum absolute atomic E-state index is 0.0813. The van der Waals surface area contributed by atoms with Crippen molar-refractivity contribution in [2.75, 3.05) is 31.6 Å². The van der Waals surface area contributed by atoms with E-state index in [-0.39, 0.29) is 5.69 Å². The van der Waals surface area contributed by atoms with Gasteiger partial charge in [0, 0.05) is 12.2 Å². The van der Waals surface area contributed by atoms with Crippen molar-refractivity contribution in [3.8, 4) is 5.75 Å². The Hall–Kier alpha value is -1.76. The number of rotatable bonds is 8. The summed E-state index contributed by atoms with van der Waals surface area (Å²) in [6, 6.07) is 5.82. The number of ether oxygens (including phenoxy) is 1. The van der Waals surface area contributed by atoms with Crippen LogP contribution < -0.4 is 10.1 Å². The van der Waals surface area contributed by atoms with E-state index in [4.69, 9.17) is 4.74 Å². The van der Waals surface area contributed by atoms with E-state index in [0.29, 0.717) is 12.4 Å². The van der Waals surface area contributed by atoms with Gasteiger partial charge in [-0.3, -0.25) is 4.79 Å². The van der Waals surface area contributed by atoms with Crippen molar-refractivity contribution in [1.29, 1.82) is 0 Å². The molecule has 124 valence electrons. The molecule has 1 rings (SSSR count). The van der Waals surface area contributed by atoms with Crippen LogP contribution in [0.25, 0.3) is 0 Å². The highest BCUT2D eigenvalue weighted by atomic mass is 19.4. The number of halogens is 3. The molecule has 0 bridgehead atoms. The zero-order chi connectivity index (χ0) is 16.6. The number of nitrogens with one attached hydrogen (secondary N) is 1. The van der Waals surface area contributed by atoms with Crippen molar-refractivity contribution in [2.45, 2.75) is 26.4 Å². The van der Waals surface area contributed by atoms with E-state index >= 15 is 0 Å². The lowest BCUT2D eigenvalue weighted by atomic mass is 10.3. The summed E-state index contributed by atoms with van der Waals surface area (Å²) in [5, 5.41) is 1.78. The van der Waals surface area contributed by atoms with Gasteiger partial charge in [0.05, 0.1) is 6.61 Å². The van der Waals surface area contributed by atoms with Crippen LogP contribution in [0.2, 0.25) is 0 Å². The molecule has 4 nitrogen and oxygen atoms in total. The lowest BCUT2D eigenvalue weighted by molar-refractivity contribution is -0.167. The van der Waals surface area contributed by atoms with Gasteiger partial charge < -0.3 is 15.0 Å². The highest BCUT2D eigenvalue weighted by molar-refractivity contribution is 5.94. The Morgan fingerprint density at radius 1 is 1.18 bits per heavy atom. The first-order valence-corrected chi connectivity index (χ1v) is 7.20. The summed E-state index contributed by atoms with van der Waals surface area (Å²) in [6.45, 7) is 7.64. The number of hydrogen-bond donors (Lipinski definition) is 1. The van der Waals surface area contributed by atoms with Gasteiger partial charge in [-0.05, 0) is 43.8 Å². The summed E-state index contributed by atoms with van der Waals surface area (Å²) in [5.74, 6) is -1.43. The molecule has 1 aromatic rings. The number of hydrogen-bond acceptors (Lipinski definition) is 3. The topological polar surface area (TPSA) is 41.6 Å². The van der Waals surface area contributed by atoms with Gasteiger partial charge in [0.2, 0.25) is 0 Å². The van der Waals surface area contributed by atoms with E-state index < -0.39 is 12.1 Å². The third-order valence-electron chi connectivity index (χ3n) is 3.15. The highest BCUT2D eigenvalue weighted by Gasteiger charge is 2.38. The van der Waals surface area contributed by atoms with Crippen LogP contribution in [-0.4, -0.2) is 43.2 Å². The second-order valence-electron chi connectivity index (χ2n) is 4.71. The lowest BCUT2D eigenvalue weighted by Crippen LogP contribution is -2.29. The molecule has 0 fully saturated rings. The van der Waals surface area contributed by atoms with Crippen LogP contribution in [0.15, 0.2) is 24.3 Å². The first kappa shape index (κ1) is 18.3. The summed E-state index contributed by atoms with van der Waals surface area (Å²) in [4.78, 5) is 13.1. The quantitative estimate of drug-likeness (QED) is 0.748. The second kappa shape index (κ2) is 8.63. The van der Waals surface area contributed by atoms with Gasteiger partial charge in [-0.2, -0.15) is 13.2 Å². The third kappa shape index (κ3) is 6.34. The molecule has 1 amide bonds. The predicted octanol–water partition coefficient (Wildman–Crippen LogP) is 3.30. The molecular weight excluding hydrogens is 297 g/mol. The average Bonchev–Trinajstić information content (AvgIpc) is 2.48. The fourth-order valence-corrected chi connectivity index (χ4v) is 1.85. The van der Waals surface area contributed by atoms with E-state index in [2.05, 4.69) is 18.7 Å². The minimum Gasteiger partial charge on any atom is -0.494 e. The molecule has 0 saturated heterocycles. The van der Waals surface area contributed by atoms with E-state index in [1.165, 1.54) is 24.3 Å². The number of alkyl halides is 3. The Bertz CT molecular complexity index is 457. The molecule has 0 saturated carbocycles. The number of amides is 1. The predicted molar refractivity (Wildman–Crippen MR) is 79.0 cm³/mol. The van der Waals surface area contributed by atoms with Crippen molar-refractivity contribution in [3.05, 3.63) is 24.3 Å². The van der Waals surface area contributed by atoms with Crippen molar-refractivity contribution in [2.24, 2.45) is 0 Å². The lowest BCUT2D eigenvalue weighted by Gasteiger charge is -2.17. The summed E-state index contributed by atoms with van der Waals surface area (Å²) in [7, 11) is 0. The Kier molecular flexibility index (Phi) is 7.17. The number of carbonyl (C=O) groups excluding carboxylic acids is 1. The number of benzene rings is 1. The molecule has 1 N–H and O–H groups in total. The van der Waals surface area contributed by atoms with Gasteiger partial charge in [-0.15, -0.1) is 0 Å². The smallest absolute Gasteiger partial charge is 0.471 e. The Labute approximate surface area is 128 Å². The van der Waals surface area contributed by atoms with Gasteiger partial charge >= 0.3 is 12.1 Å². The van der Waals surface area contributed by atoms with Gasteiger partial charge in [0.1, 0.15) is 5.75 Å². The molecule has 0 spiro atoms. The molecule has 7 heteroatoms. The maximum atomic E-state index is 12.1. The summed E-state index contributed by atoms with van der Waals surface area (Å²) >= 11 is 0. The van der Waals surface area contributed by atoms with Gasteiger partial charge in [-0.1, -0.05) is 13.8 Å². The van der Waals surface area contributed by atoms with Crippen molar-refractivity contribution in [3.63, 3.8) is 0 Å². The molecule has 1 aromatic carbocycles. The normalized spacial score (nSPS) is 11.5. The zero-order valence-corrected chi connectivity index (χ0v) is 12.7. The zero-order valence-electron chi connectivity index (χ0n) is 12.7. The first-order chi connectivity index (χ1) is 10.4. The van der Waals surface area contributed by atoms with Crippen molar-refractivity contribution >= 4 is 11.6 Å². The summed E-state index contributed by atoms with van der Waals surface area (Å²) < 4.78 is 41.8. The second-order valence-corrected chi connectivity index (χ2v) is 4.71. The Morgan fingerprint density at radius 2 is 1.77 bits per heavy atom. The van der Waals surface area contributed by atoms with Crippen molar-refractivity contribution in [1.82, 2.24) is 4.90 Å². The third-order valence-corrected chi connectivity index (χ3v) is 3.15. The van der Waals surface area contributed by atoms with Crippen LogP contribution >= 0.6 is 0 Å². The molecule has 0 aliphatic rings. The average molecular weight is 318 g/mol. The first-order valence-electron chi connectivity index (χ1n) is 7.20. The number of carbonyl (C=O) groups is 1. The van der Waals surface area contributed by atoms with E-state index in [1.807, 2.05) is 0 Å². The molecule has 0 unspecified atom stereocenters. The van der Waals surface area contributed by atoms with Crippen LogP contribution in [0.5, 0.6) is 5.75 Å². The van der Waals surface area contributed by atoms with Crippen LogP contribution in [-0.2, 0) is 4.79 Å². The van der Waals surface area contributed by atoms with Crippen molar-refractivity contribution < 1.29 is 22.7 Å². The highest BCUT2D eigenvalue weighted by Crippen LogP contribution is 2.20. The number of nitrogens with zero attached hydrogens (tertiary/aromatic N) is 1. The van der Waals surface area contributed by atoms with Crippen LogP contribution in [0.3, 0.4) is 0 Å². The molecule has 0 heterocycles. The Balaban J connectivity index is 2.37. The molecule has 0 aromatic heterocycles. The molecule has 0 radical (unpaired) electrons. The fraction of sp³-hybridized carbons (Fsp3) is 0.533. The largest absolute Gasteiger partial charge is 0.494 e. The van der Waals surface area contributed by atoms with Gasteiger partial charge in [0.15, 0.2) is 0 Å². The molecule has 0 atom stereocenters. The Morgan fingerprint density at radius 3 is 2.27 bits per heavy atom. The number of anilines is 1. The van der Waals surface area contributed by atoms with E-state index in [0.717, 1.165) is 26.1 Å². The molecule has 0 aliphatic heterocycles. The summed E-state index contributed by atoms with van der Waals surface area (Å²) in [5.41, 5.74) is 0.0813. The maximum Gasteiger partial charge on any atom is 0.471 e. The SMILES string of the molecule is CCN(CC)CCCOc1ccc(NC(=O)C(F)(F)F)cc1. The van der Waals surface area contributed by atoms with Crippen LogP contribution in [0, 0.1) is 0 Å². The van der Waals surface area contributed by atoms with E-state index in [9.17, 15) is 18.0 Å². The fourth-order valence-electron chi connectivity index (χ4n) is 1.85. The monoisotopic (exact) mass is 318 g/mol. The molecule has 0 aliphatic carbocycles. The molecule has 22 heavy (non-hydrogen) atoms. The van der Waals surface area contributed by atoms with Gasteiger partial charge in [-0.25, -0.2) is 0 Å². The summed E-state index contributed by atoms with van der Waals surface area (Å²) in [6.07, 6.45) is -4.02. The van der Waals surface area contributed by atoms with Gasteiger partial charge in [0.25, 0.3) is 0 Å². The van der Waals surface area contributed by atoms with E-state index in [1.54, 1.807) is 5.32 Å². The molecular formula is C15H21F3N2O2. The van der Waals surface area contributed by atoms with Crippen LogP contribution in [0.4, 0.5) is 18.9 Å².